The van der Waals surface area contributed by atoms with Crippen LogP contribution in [0.4, 0.5) is 0 Å². The second-order valence-corrected chi connectivity index (χ2v) is 8.70. The van der Waals surface area contributed by atoms with Crippen molar-refractivity contribution >= 4 is 26.0 Å². The van der Waals surface area contributed by atoms with Crippen molar-refractivity contribution in [3.05, 3.63) is 52.8 Å². The standard InChI is InChI=1S/C17H22BrN3O3S/c1-20-8-2-3-16(20)17(21-9-11-24-12-10-21)13-19-25(22,23)15-6-4-14(18)5-7-15/h2-8,17,19H,9-13H2,1H3. The van der Waals surface area contributed by atoms with Crippen molar-refractivity contribution in [2.75, 3.05) is 32.8 Å². The van der Waals surface area contributed by atoms with E-state index < -0.39 is 10.0 Å². The fraction of sp³-hybridized carbons (Fsp3) is 0.412. The first-order chi connectivity index (χ1) is 12.0. The van der Waals surface area contributed by atoms with Crippen molar-refractivity contribution in [3.63, 3.8) is 0 Å². The summed E-state index contributed by atoms with van der Waals surface area (Å²) in [7, 11) is -1.57. The van der Waals surface area contributed by atoms with Gasteiger partial charge in [-0.15, -0.1) is 0 Å². The minimum atomic E-state index is -3.55. The maximum atomic E-state index is 12.6. The van der Waals surface area contributed by atoms with Gasteiger partial charge in [0.25, 0.3) is 0 Å². The summed E-state index contributed by atoms with van der Waals surface area (Å²) in [5.41, 5.74) is 1.08. The number of ether oxygens (including phenoxy) is 1. The van der Waals surface area contributed by atoms with Gasteiger partial charge >= 0.3 is 0 Å². The van der Waals surface area contributed by atoms with Gasteiger partial charge in [0.1, 0.15) is 0 Å². The number of hydrogen-bond acceptors (Lipinski definition) is 4. The van der Waals surface area contributed by atoms with Crippen molar-refractivity contribution in [3.8, 4) is 0 Å². The van der Waals surface area contributed by atoms with Crippen LogP contribution in [-0.4, -0.2) is 50.7 Å². The predicted molar refractivity (Wildman–Crippen MR) is 99.9 cm³/mol. The molecule has 0 amide bonds. The van der Waals surface area contributed by atoms with Crippen LogP contribution in [0.2, 0.25) is 0 Å². The third-order valence-electron chi connectivity index (χ3n) is 4.40. The minimum absolute atomic E-state index is 0.0332. The van der Waals surface area contributed by atoms with E-state index in [-0.39, 0.29) is 10.9 Å². The molecule has 0 aliphatic carbocycles. The van der Waals surface area contributed by atoms with Crippen molar-refractivity contribution in [1.29, 1.82) is 0 Å². The van der Waals surface area contributed by atoms with Crippen LogP contribution in [0.3, 0.4) is 0 Å². The first kappa shape index (κ1) is 18.6. The summed E-state index contributed by atoms with van der Waals surface area (Å²) in [6.07, 6.45) is 1.98. The molecule has 6 nitrogen and oxygen atoms in total. The van der Waals surface area contributed by atoms with Gasteiger partial charge in [0, 0.05) is 43.0 Å². The number of morpholine rings is 1. The molecule has 1 unspecified atom stereocenters. The van der Waals surface area contributed by atoms with Gasteiger partial charge in [0.05, 0.1) is 24.2 Å². The van der Waals surface area contributed by atoms with Crippen molar-refractivity contribution in [1.82, 2.24) is 14.2 Å². The molecule has 2 aromatic rings. The second-order valence-electron chi connectivity index (χ2n) is 6.01. The lowest BCUT2D eigenvalue weighted by molar-refractivity contribution is 0.0158. The molecule has 0 bridgehead atoms. The Morgan fingerprint density at radius 1 is 1.20 bits per heavy atom. The van der Waals surface area contributed by atoms with Crippen LogP contribution < -0.4 is 4.72 Å². The zero-order valence-electron chi connectivity index (χ0n) is 14.1. The lowest BCUT2D eigenvalue weighted by Crippen LogP contribution is -2.44. The van der Waals surface area contributed by atoms with Crippen LogP contribution in [0, 0.1) is 0 Å². The van der Waals surface area contributed by atoms with Gasteiger partial charge in [-0.3, -0.25) is 4.90 Å². The maximum Gasteiger partial charge on any atom is 0.240 e. The highest BCUT2D eigenvalue weighted by Gasteiger charge is 2.26. The summed E-state index contributed by atoms with van der Waals surface area (Å²) in [6.45, 7) is 3.22. The fourth-order valence-corrected chi connectivity index (χ4v) is 4.32. The number of halogens is 1. The van der Waals surface area contributed by atoms with Crippen LogP contribution in [0.15, 0.2) is 52.0 Å². The molecule has 1 aliphatic heterocycles. The largest absolute Gasteiger partial charge is 0.379 e. The van der Waals surface area contributed by atoms with E-state index in [9.17, 15) is 8.42 Å². The molecule has 1 fully saturated rings. The molecule has 0 saturated carbocycles. The fourth-order valence-electron chi connectivity index (χ4n) is 3.02. The number of hydrogen-bond donors (Lipinski definition) is 1. The molecular formula is C17H22BrN3O3S. The van der Waals surface area contributed by atoms with Gasteiger partial charge in [-0.25, -0.2) is 13.1 Å². The number of sulfonamides is 1. The Bertz CT molecular complexity index is 799. The van der Waals surface area contributed by atoms with Crippen molar-refractivity contribution in [2.24, 2.45) is 7.05 Å². The van der Waals surface area contributed by atoms with Crippen LogP contribution in [0.1, 0.15) is 11.7 Å². The van der Waals surface area contributed by atoms with Gasteiger partial charge in [0.2, 0.25) is 10.0 Å². The Kier molecular flexibility index (Phi) is 5.96. The predicted octanol–water partition coefficient (Wildman–Crippen LogP) is 2.14. The SMILES string of the molecule is Cn1cccc1C(CNS(=O)(=O)c1ccc(Br)cc1)N1CCOCC1. The van der Waals surface area contributed by atoms with Crippen molar-refractivity contribution in [2.45, 2.75) is 10.9 Å². The van der Waals surface area contributed by atoms with Crippen LogP contribution in [0.25, 0.3) is 0 Å². The highest BCUT2D eigenvalue weighted by Crippen LogP contribution is 2.22. The van der Waals surface area contributed by atoms with E-state index in [1.807, 2.05) is 29.9 Å². The summed E-state index contributed by atoms with van der Waals surface area (Å²) in [6, 6.07) is 10.6. The molecule has 0 radical (unpaired) electrons. The lowest BCUT2D eigenvalue weighted by Gasteiger charge is -2.34. The van der Waals surface area contributed by atoms with E-state index in [2.05, 4.69) is 25.6 Å². The number of rotatable bonds is 6. The van der Waals surface area contributed by atoms with E-state index >= 15 is 0 Å². The first-order valence-electron chi connectivity index (χ1n) is 8.15. The average molecular weight is 428 g/mol. The highest BCUT2D eigenvalue weighted by molar-refractivity contribution is 9.10. The Labute approximate surface area is 157 Å². The molecule has 3 rings (SSSR count). The molecular weight excluding hydrogens is 406 g/mol. The summed E-state index contributed by atoms with van der Waals surface area (Å²) < 4.78 is 36.3. The van der Waals surface area contributed by atoms with E-state index in [1.165, 1.54) is 0 Å². The van der Waals surface area contributed by atoms with Gasteiger partial charge in [-0.2, -0.15) is 0 Å². The summed E-state index contributed by atoms with van der Waals surface area (Å²) >= 11 is 3.32. The molecule has 1 atom stereocenters. The number of aromatic nitrogens is 1. The zero-order valence-corrected chi connectivity index (χ0v) is 16.5. The summed E-state index contributed by atoms with van der Waals surface area (Å²) in [5, 5.41) is 0. The third-order valence-corrected chi connectivity index (χ3v) is 6.37. The molecule has 2 heterocycles. The number of benzene rings is 1. The summed E-state index contributed by atoms with van der Waals surface area (Å²) in [4.78, 5) is 2.53. The average Bonchev–Trinajstić information content (AvgIpc) is 3.02. The molecule has 136 valence electrons. The van der Waals surface area contributed by atoms with Crippen LogP contribution in [-0.2, 0) is 21.8 Å². The molecule has 1 aromatic carbocycles. The lowest BCUT2D eigenvalue weighted by atomic mass is 10.1. The number of nitrogens with one attached hydrogen (secondary N) is 1. The molecule has 1 aliphatic rings. The van der Waals surface area contributed by atoms with Gasteiger partial charge < -0.3 is 9.30 Å². The van der Waals surface area contributed by atoms with Crippen LogP contribution in [0.5, 0.6) is 0 Å². The molecule has 0 spiro atoms. The maximum absolute atomic E-state index is 12.6. The molecule has 25 heavy (non-hydrogen) atoms. The normalized spacial score (nSPS) is 17.5. The first-order valence-corrected chi connectivity index (χ1v) is 10.4. The molecule has 8 heteroatoms. The summed E-state index contributed by atoms with van der Waals surface area (Å²) in [5.74, 6) is 0. The third kappa shape index (κ3) is 4.51. The van der Waals surface area contributed by atoms with E-state index in [0.29, 0.717) is 19.8 Å². The van der Waals surface area contributed by atoms with Crippen molar-refractivity contribution < 1.29 is 13.2 Å². The molecule has 1 N–H and O–H groups in total. The van der Waals surface area contributed by atoms with Gasteiger partial charge in [-0.05, 0) is 36.4 Å². The Balaban J connectivity index is 1.78. The topological polar surface area (TPSA) is 63.6 Å². The second kappa shape index (κ2) is 8.01. The molecule has 1 aromatic heterocycles. The zero-order chi connectivity index (χ0) is 17.9. The quantitative estimate of drug-likeness (QED) is 0.766. The Morgan fingerprint density at radius 2 is 1.88 bits per heavy atom. The van der Waals surface area contributed by atoms with Gasteiger partial charge in [0.15, 0.2) is 0 Å². The van der Waals surface area contributed by atoms with E-state index in [0.717, 1.165) is 23.3 Å². The van der Waals surface area contributed by atoms with E-state index in [4.69, 9.17) is 4.74 Å². The minimum Gasteiger partial charge on any atom is -0.379 e. The monoisotopic (exact) mass is 427 g/mol. The Hall–Kier alpha value is -1.19. The van der Waals surface area contributed by atoms with E-state index in [1.54, 1.807) is 24.3 Å². The highest BCUT2D eigenvalue weighted by atomic mass is 79.9. The molecule has 1 saturated heterocycles. The van der Waals surface area contributed by atoms with Gasteiger partial charge in [-0.1, -0.05) is 15.9 Å². The Morgan fingerprint density at radius 3 is 2.48 bits per heavy atom. The van der Waals surface area contributed by atoms with Crippen LogP contribution >= 0.6 is 15.9 Å². The number of nitrogens with zero attached hydrogens (tertiary/aromatic N) is 2. The number of aryl methyl sites for hydroxylation is 1. The smallest absolute Gasteiger partial charge is 0.240 e.